The van der Waals surface area contributed by atoms with Gasteiger partial charge in [-0.1, -0.05) is 0 Å². The normalized spacial score (nSPS) is 17.1. The molecular formula is C8H11N3O. The molecular weight excluding hydrogens is 154 g/mol. The fourth-order valence-corrected chi connectivity index (χ4v) is 1.02. The largest absolute Gasteiger partial charge is 0.472 e. The van der Waals surface area contributed by atoms with Crippen LogP contribution < -0.4 is 10.1 Å². The zero-order chi connectivity index (χ0) is 8.39. The Labute approximate surface area is 71.0 Å². The fourth-order valence-electron chi connectivity index (χ4n) is 1.02. The Morgan fingerprint density at radius 2 is 2.42 bits per heavy atom. The van der Waals surface area contributed by atoms with Crippen LogP contribution in [0.1, 0.15) is 5.82 Å². The number of nitrogens with one attached hydrogen (secondary N) is 1. The van der Waals surface area contributed by atoms with Gasteiger partial charge in [0.2, 0.25) is 5.88 Å². The maximum atomic E-state index is 5.52. The molecule has 1 saturated heterocycles. The average molecular weight is 165 g/mol. The van der Waals surface area contributed by atoms with Crippen LogP contribution in [0.2, 0.25) is 0 Å². The standard InChI is InChI=1S/C8H11N3O/c1-6-10-3-2-8(11-6)12-7-4-9-5-7/h2-3,7,9H,4-5H2,1H3. The van der Waals surface area contributed by atoms with E-state index in [0.29, 0.717) is 12.0 Å². The van der Waals surface area contributed by atoms with Gasteiger partial charge in [0.1, 0.15) is 11.9 Å². The Morgan fingerprint density at radius 1 is 1.58 bits per heavy atom. The summed E-state index contributed by atoms with van der Waals surface area (Å²) in [4.78, 5) is 8.12. The van der Waals surface area contributed by atoms with E-state index in [1.165, 1.54) is 0 Å². The molecule has 2 rings (SSSR count). The highest BCUT2D eigenvalue weighted by atomic mass is 16.5. The quantitative estimate of drug-likeness (QED) is 0.677. The minimum absolute atomic E-state index is 0.291. The van der Waals surface area contributed by atoms with E-state index in [4.69, 9.17) is 4.74 Å². The summed E-state index contributed by atoms with van der Waals surface area (Å²) in [5.41, 5.74) is 0. The predicted molar refractivity (Wildman–Crippen MR) is 44.1 cm³/mol. The summed E-state index contributed by atoms with van der Waals surface area (Å²) in [5.74, 6) is 1.42. The maximum absolute atomic E-state index is 5.52. The van der Waals surface area contributed by atoms with Crippen molar-refractivity contribution in [2.75, 3.05) is 13.1 Å². The van der Waals surface area contributed by atoms with Gasteiger partial charge in [-0.25, -0.2) is 4.98 Å². The second-order valence-electron chi connectivity index (χ2n) is 2.84. The van der Waals surface area contributed by atoms with Gasteiger partial charge in [0.05, 0.1) is 0 Å². The maximum Gasteiger partial charge on any atom is 0.216 e. The number of aromatic nitrogens is 2. The van der Waals surface area contributed by atoms with Crippen LogP contribution in [0.5, 0.6) is 5.88 Å². The van der Waals surface area contributed by atoms with Crippen molar-refractivity contribution in [2.24, 2.45) is 0 Å². The van der Waals surface area contributed by atoms with Gasteiger partial charge >= 0.3 is 0 Å². The van der Waals surface area contributed by atoms with Gasteiger partial charge < -0.3 is 10.1 Å². The molecule has 1 N–H and O–H groups in total. The van der Waals surface area contributed by atoms with E-state index < -0.39 is 0 Å². The summed E-state index contributed by atoms with van der Waals surface area (Å²) in [6.07, 6.45) is 2.00. The third-order valence-corrected chi connectivity index (χ3v) is 1.78. The van der Waals surface area contributed by atoms with E-state index in [9.17, 15) is 0 Å². The lowest BCUT2D eigenvalue weighted by atomic mass is 10.2. The third kappa shape index (κ3) is 1.53. The van der Waals surface area contributed by atoms with Crippen LogP contribution in [0.15, 0.2) is 12.3 Å². The molecule has 4 heteroatoms. The van der Waals surface area contributed by atoms with Crippen molar-refractivity contribution >= 4 is 0 Å². The smallest absolute Gasteiger partial charge is 0.216 e. The molecule has 0 amide bonds. The Kier molecular flexibility index (Phi) is 1.91. The summed E-state index contributed by atoms with van der Waals surface area (Å²) in [7, 11) is 0. The van der Waals surface area contributed by atoms with Gasteiger partial charge in [-0.2, -0.15) is 4.98 Å². The molecule has 0 atom stereocenters. The fraction of sp³-hybridized carbons (Fsp3) is 0.500. The highest BCUT2D eigenvalue weighted by molar-refractivity contribution is 5.09. The summed E-state index contributed by atoms with van der Waals surface area (Å²) in [6.45, 7) is 3.69. The lowest BCUT2D eigenvalue weighted by Crippen LogP contribution is -2.50. The van der Waals surface area contributed by atoms with Crippen LogP contribution in [-0.4, -0.2) is 29.2 Å². The zero-order valence-electron chi connectivity index (χ0n) is 6.95. The molecule has 12 heavy (non-hydrogen) atoms. The first-order chi connectivity index (χ1) is 5.84. The highest BCUT2D eigenvalue weighted by Crippen LogP contribution is 2.08. The Hall–Kier alpha value is -1.16. The van der Waals surface area contributed by atoms with Crippen molar-refractivity contribution in [2.45, 2.75) is 13.0 Å². The van der Waals surface area contributed by atoms with E-state index in [-0.39, 0.29) is 0 Å². The number of nitrogens with zero attached hydrogens (tertiary/aromatic N) is 2. The predicted octanol–water partition coefficient (Wildman–Crippen LogP) is 0.136. The van der Waals surface area contributed by atoms with Crippen LogP contribution in [-0.2, 0) is 0 Å². The van der Waals surface area contributed by atoms with E-state index in [1.54, 1.807) is 12.3 Å². The van der Waals surface area contributed by atoms with Crippen LogP contribution in [0.4, 0.5) is 0 Å². The molecule has 0 saturated carbocycles. The van der Waals surface area contributed by atoms with E-state index >= 15 is 0 Å². The minimum atomic E-state index is 0.291. The first-order valence-corrected chi connectivity index (χ1v) is 4.01. The van der Waals surface area contributed by atoms with Gasteiger partial charge in [-0.05, 0) is 6.92 Å². The highest BCUT2D eigenvalue weighted by Gasteiger charge is 2.18. The number of aryl methyl sites for hydroxylation is 1. The molecule has 0 aliphatic carbocycles. The Balaban J connectivity index is 2.02. The monoisotopic (exact) mass is 165 g/mol. The van der Waals surface area contributed by atoms with Crippen molar-refractivity contribution in [1.29, 1.82) is 0 Å². The third-order valence-electron chi connectivity index (χ3n) is 1.78. The number of hydrogen-bond donors (Lipinski definition) is 1. The molecule has 0 bridgehead atoms. The Bertz CT molecular complexity index is 273. The van der Waals surface area contributed by atoms with Crippen molar-refractivity contribution in [3.05, 3.63) is 18.1 Å². The van der Waals surface area contributed by atoms with Crippen molar-refractivity contribution in [3.8, 4) is 5.88 Å². The van der Waals surface area contributed by atoms with E-state index in [2.05, 4.69) is 15.3 Å². The van der Waals surface area contributed by atoms with Gasteiger partial charge in [0.25, 0.3) is 0 Å². The summed E-state index contributed by atoms with van der Waals surface area (Å²) in [6, 6.07) is 1.78. The molecule has 0 unspecified atom stereocenters. The van der Waals surface area contributed by atoms with Gasteiger partial charge in [-0.3, -0.25) is 0 Å². The van der Waals surface area contributed by atoms with Gasteiger partial charge in [-0.15, -0.1) is 0 Å². The molecule has 0 aromatic carbocycles. The molecule has 1 aromatic rings. The van der Waals surface area contributed by atoms with Crippen molar-refractivity contribution < 1.29 is 4.74 Å². The molecule has 64 valence electrons. The topological polar surface area (TPSA) is 47.0 Å². The lowest BCUT2D eigenvalue weighted by Gasteiger charge is -2.27. The second kappa shape index (κ2) is 3.06. The van der Waals surface area contributed by atoms with E-state index in [1.807, 2.05) is 6.92 Å². The molecule has 4 nitrogen and oxygen atoms in total. The average Bonchev–Trinajstić information content (AvgIpc) is 1.97. The van der Waals surface area contributed by atoms with Gasteiger partial charge in [0, 0.05) is 25.4 Å². The van der Waals surface area contributed by atoms with Crippen LogP contribution in [0.3, 0.4) is 0 Å². The van der Waals surface area contributed by atoms with Gasteiger partial charge in [0.15, 0.2) is 0 Å². The molecule has 0 spiro atoms. The SMILES string of the molecule is Cc1nccc(OC2CNC2)n1. The van der Waals surface area contributed by atoms with Crippen LogP contribution in [0.25, 0.3) is 0 Å². The number of ether oxygens (including phenoxy) is 1. The molecule has 1 aliphatic rings. The zero-order valence-corrected chi connectivity index (χ0v) is 6.95. The molecule has 2 heterocycles. The van der Waals surface area contributed by atoms with Crippen LogP contribution >= 0.6 is 0 Å². The second-order valence-corrected chi connectivity index (χ2v) is 2.84. The van der Waals surface area contributed by atoms with E-state index in [0.717, 1.165) is 18.9 Å². The number of rotatable bonds is 2. The molecule has 1 fully saturated rings. The Morgan fingerprint density at radius 3 is 3.00 bits per heavy atom. The molecule has 0 radical (unpaired) electrons. The minimum Gasteiger partial charge on any atom is -0.472 e. The summed E-state index contributed by atoms with van der Waals surface area (Å²) in [5, 5.41) is 3.13. The first-order valence-electron chi connectivity index (χ1n) is 4.01. The van der Waals surface area contributed by atoms with Crippen molar-refractivity contribution in [3.63, 3.8) is 0 Å². The molecule has 1 aromatic heterocycles. The van der Waals surface area contributed by atoms with Crippen LogP contribution in [0, 0.1) is 6.92 Å². The lowest BCUT2D eigenvalue weighted by molar-refractivity contribution is 0.135. The molecule has 1 aliphatic heterocycles. The number of hydrogen-bond acceptors (Lipinski definition) is 4. The summed E-state index contributed by atoms with van der Waals surface area (Å²) < 4.78 is 5.52. The first kappa shape index (κ1) is 7.49. The van der Waals surface area contributed by atoms with Crippen molar-refractivity contribution in [1.82, 2.24) is 15.3 Å². The summed E-state index contributed by atoms with van der Waals surface area (Å²) >= 11 is 0.